The number of barbiturate groups is 1. The minimum Gasteiger partial charge on any atom is -0.377 e. The average molecular weight is 411 g/mol. The number of aromatic nitrogens is 2. The SMILES string of the molecule is Cc1cccn2c(=O)c3c(nc12)N1CCOC[C@H]1C1(C3)C(=O)N(C)C(=O)N(C)C1=O. The first-order chi connectivity index (χ1) is 14.3. The number of anilines is 1. The largest absolute Gasteiger partial charge is 0.377 e. The number of urea groups is 1. The molecule has 3 aliphatic rings. The van der Waals surface area contributed by atoms with Gasteiger partial charge in [-0.1, -0.05) is 6.07 Å². The predicted octanol–water partition coefficient (Wildman–Crippen LogP) is -0.199. The summed E-state index contributed by atoms with van der Waals surface area (Å²) in [6.45, 7) is 2.77. The maximum absolute atomic E-state index is 13.4. The summed E-state index contributed by atoms with van der Waals surface area (Å²) in [5.74, 6) is -0.748. The summed E-state index contributed by atoms with van der Waals surface area (Å²) in [6.07, 6.45) is 1.50. The van der Waals surface area contributed by atoms with Crippen LogP contribution in [0.4, 0.5) is 10.6 Å². The van der Waals surface area contributed by atoms with Crippen LogP contribution in [0.1, 0.15) is 11.1 Å². The molecule has 5 rings (SSSR count). The molecule has 0 saturated carbocycles. The fraction of sp³-hybridized carbons (Fsp3) is 0.450. The number of carbonyl (C=O) groups excluding carboxylic acids is 3. The molecule has 10 heteroatoms. The van der Waals surface area contributed by atoms with E-state index in [9.17, 15) is 19.2 Å². The zero-order chi connectivity index (χ0) is 21.4. The highest BCUT2D eigenvalue weighted by atomic mass is 16.5. The zero-order valence-electron chi connectivity index (χ0n) is 16.9. The highest BCUT2D eigenvalue weighted by Gasteiger charge is 2.64. The topological polar surface area (TPSA) is 105 Å². The summed E-state index contributed by atoms with van der Waals surface area (Å²) in [6, 6.07) is 2.29. The van der Waals surface area contributed by atoms with Crippen molar-refractivity contribution >= 4 is 29.3 Å². The van der Waals surface area contributed by atoms with Gasteiger partial charge in [0.2, 0.25) is 11.8 Å². The Hall–Kier alpha value is -3.27. The fourth-order valence-electron chi connectivity index (χ4n) is 4.90. The molecule has 4 amide bonds. The van der Waals surface area contributed by atoms with Gasteiger partial charge in [0.05, 0.1) is 24.8 Å². The van der Waals surface area contributed by atoms with Gasteiger partial charge in [0.1, 0.15) is 11.5 Å². The number of pyridine rings is 1. The lowest BCUT2D eigenvalue weighted by molar-refractivity contribution is -0.161. The van der Waals surface area contributed by atoms with Crippen molar-refractivity contribution in [2.75, 3.05) is 38.8 Å². The second-order valence-electron chi connectivity index (χ2n) is 8.05. The van der Waals surface area contributed by atoms with Crippen molar-refractivity contribution < 1.29 is 19.1 Å². The van der Waals surface area contributed by atoms with Crippen molar-refractivity contribution in [3.63, 3.8) is 0 Å². The average Bonchev–Trinajstić information content (AvgIpc) is 2.76. The molecule has 1 atom stereocenters. The van der Waals surface area contributed by atoms with Crippen molar-refractivity contribution in [2.24, 2.45) is 5.41 Å². The molecule has 156 valence electrons. The molecule has 3 aliphatic heterocycles. The molecule has 0 radical (unpaired) electrons. The molecular formula is C20H21N5O5. The van der Waals surface area contributed by atoms with Crippen LogP contribution in [-0.2, 0) is 20.7 Å². The third kappa shape index (κ3) is 2.14. The van der Waals surface area contributed by atoms with Gasteiger partial charge in [0, 0.05) is 33.3 Å². The van der Waals surface area contributed by atoms with Crippen molar-refractivity contribution in [3.05, 3.63) is 39.8 Å². The van der Waals surface area contributed by atoms with Crippen LogP contribution in [0, 0.1) is 12.3 Å². The number of morpholine rings is 1. The van der Waals surface area contributed by atoms with E-state index < -0.39 is 29.3 Å². The predicted molar refractivity (Wildman–Crippen MR) is 105 cm³/mol. The van der Waals surface area contributed by atoms with E-state index in [1.165, 1.54) is 18.5 Å². The molecule has 2 fully saturated rings. The summed E-state index contributed by atoms with van der Waals surface area (Å²) < 4.78 is 7.08. The lowest BCUT2D eigenvalue weighted by atomic mass is 9.68. The summed E-state index contributed by atoms with van der Waals surface area (Å²) in [5.41, 5.74) is -0.255. The van der Waals surface area contributed by atoms with E-state index in [1.54, 1.807) is 12.3 Å². The number of rotatable bonds is 0. The number of nitrogens with zero attached hydrogens (tertiary/aromatic N) is 5. The minimum absolute atomic E-state index is 0.127. The van der Waals surface area contributed by atoms with Crippen LogP contribution in [-0.4, -0.2) is 76.9 Å². The number of aryl methyl sites for hydroxylation is 1. The smallest absolute Gasteiger partial charge is 0.332 e. The number of amides is 4. The van der Waals surface area contributed by atoms with Gasteiger partial charge < -0.3 is 9.64 Å². The van der Waals surface area contributed by atoms with Gasteiger partial charge in [-0.25, -0.2) is 9.78 Å². The van der Waals surface area contributed by atoms with Crippen molar-refractivity contribution in [2.45, 2.75) is 19.4 Å². The minimum atomic E-state index is -1.62. The Morgan fingerprint density at radius 3 is 2.53 bits per heavy atom. The Bertz CT molecular complexity index is 1160. The van der Waals surface area contributed by atoms with Crippen LogP contribution in [0.3, 0.4) is 0 Å². The Labute approximate surface area is 171 Å². The number of carbonyl (C=O) groups is 3. The van der Waals surface area contributed by atoms with Crippen LogP contribution < -0.4 is 10.5 Å². The fourth-order valence-corrected chi connectivity index (χ4v) is 4.90. The maximum Gasteiger partial charge on any atom is 0.332 e. The van der Waals surface area contributed by atoms with Crippen LogP contribution in [0.25, 0.3) is 5.65 Å². The van der Waals surface area contributed by atoms with E-state index in [2.05, 4.69) is 0 Å². The van der Waals surface area contributed by atoms with Gasteiger partial charge in [-0.15, -0.1) is 0 Å². The first kappa shape index (κ1) is 18.7. The molecule has 2 saturated heterocycles. The number of hydrogen-bond donors (Lipinski definition) is 0. The van der Waals surface area contributed by atoms with E-state index in [0.717, 1.165) is 15.4 Å². The van der Waals surface area contributed by atoms with E-state index in [4.69, 9.17) is 9.72 Å². The molecular weight excluding hydrogens is 390 g/mol. The van der Waals surface area contributed by atoms with E-state index >= 15 is 0 Å². The summed E-state index contributed by atoms with van der Waals surface area (Å²) >= 11 is 0. The molecule has 0 unspecified atom stereocenters. The van der Waals surface area contributed by atoms with Gasteiger partial charge in [0.25, 0.3) is 5.56 Å². The quantitative estimate of drug-likeness (QED) is 0.553. The molecule has 0 aromatic carbocycles. The van der Waals surface area contributed by atoms with E-state index in [0.29, 0.717) is 30.2 Å². The van der Waals surface area contributed by atoms with Crippen molar-refractivity contribution in [1.29, 1.82) is 0 Å². The Balaban J connectivity index is 1.81. The third-order valence-corrected chi connectivity index (χ3v) is 6.49. The summed E-state index contributed by atoms with van der Waals surface area (Å²) in [4.78, 5) is 61.1. The van der Waals surface area contributed by atoms with Gasteiger partial charge >= 0.3 is 6.03 Å². The van der Waals surface area contributed by atoms with Crippen LogP contribution in [0.5, 0.6) is 0 Å². The molecule has 10 nitrogen and oxygen atoms in total. The molecule has 0 aliphatic carbocycles. The maximum atomic E-state index is 13.4. The lowest BCUT2D eigenvalue weighted by Crippen LogP contribution is -2.73. The molecule has 2 aromatic heterocycles. The van der Waals surface area contributed by atoms with Crippen LogP contribution in [0.15, 0.2) is 23.1 Å². The van der Waals surface area contributed by atoms with Crippen molar-refractivity contribution in [3.8, 4) is 0 Å². The van der Waals surface area contributed by atoms with Gasteiger partial charge in [0.15, 0.2) is 5.41 Å². The zero-order valence-corrected chi connectivity index (χ0v) is 16.9. The third-order valence-electron chi connectivity index (χ3n) is 6.49. The highest BCUT2D eigenvalue weighted by Crippen LogP contribution is 2.45. The molecule has 0 N–H and O–H groups in total. The van der Waals surface area contributed by atoms with Crippen LogP contribution in [0.2, 0.25) is 0 Å². The van der Waals surface area contributed by atoms with Gasteiger partial charge in [-0.05, 0) is 18.6 Å². The Kier molecular flexibility index (Phi) is 3.82. The number of hydrogen-bond acceptors (Lipinski definition) is 7. The van der Waals surface area contributed by atoms with Gasteiger partial charge in [-0.3, -0.25) is 28.6 Å². The van der Waals surface area contributed by atoms with E-state index in [1.807, 2.05) is 17.9 Å². The van der Waals surface area contributed by atoms with E-state index in [-0.39, 0.29) is 18.6 Å². The second kappa shape index (κ2) is 6.11. The normalized spacial score (nSPS) is 23.2. The first-order valence-corrected chi connectivity index (χ1v) is 9.74. The highest BCUT2D eigenvalue weighted by molar-refractivity contribution is 6.20. The monoisotopic (exact) mass is 411 g/mol. The van der Waals surface area contributed by atoms with Gasteiger partial charge in [-0.2, -0.15) is 0 Å². The van der Waals surface area contributed by atoms with Crippen LogP contribution >= 0.6 is 0 Å². The first-order valence-electron chi connectivity index (χ1n) is 9.74. The second-order valence-corrected chi connectivity index (χ2v) is 8.05. The molecule has 0 bridgehead atoms. The Morgan fingerprint density at radius 2 is 1.83 bits per heavy atom. The number of ether oxygens (including phenoxy) is 1. The molecule has 5 heterocycles. The number of fused-ring (bicyclic) bond motifs is 5. The Morgan fingerprint density at radius 1 is 1.13 bits per heavy atom. The summed E-state index contributed by atoms with van der Waals surface area (Å²) in [7, 11) is 2.71. The standard InChI is InChI=1S/C20H21N5O5/c1-11-5-4-6-25-14(11)21-15-12(16(25)26)9-20(13-10-30-8-7-24(13)15)17(27)22(2)19(29)23(3)18(20)28/h4-6,13H,7-10H2,1-3H3/t13-/m0/s1. The lowest BCUT2D eigenvalue weighted by Gasteiger charge is -2.53. The number of imide groups is 2. The molecule has 30 heavy (non-hydrogen) atoms. The molecule has 1 spiro atoms. The van der Waals surface area contributed by atoms with Crippen molar-refractivity contribution in [1.82, 2.24) is 19.2 Å². The summed E-state index contributed by atoms with van der Waals surface area (Å²) in [5, 5.41) is 0. The molecule has 2 aromatic rings.